The summed E-state index contributed by atoms with van der Waals surface area (Å²) < 4.78 is 3.47. The Labute approximate surface area is 58.8 Å². The van der Waals surface area contributed by atoms with Gasteiger partial charge in [0.05, 0.1) is 3.79 Å². The molecule has 0 aliphatic carbocycles. The Kier molecular flexibility index (Phi) is 1.53. The van der Waals surface area contributed by atoms with E-state index in [0.717, 1.165) is 9.35 Å². The molecule has 0 fully saturated rings. The maximum Gasteiger partial charge on any atom is 0.262 e. The third-order valence-electron chi connectivity index (χ3n) is 0.869. The van der Waals surface area contributed by atoms with E-state index in [1.165, 1.54) is 11.5 Å². The van der Waals surface area contributed by atoms with Gasteiger partial charge >= 0.3 is 0 Å². The van der Waals surface area contributed by atoms with Gasteiger partial charge in [0, 0.05) is 5.56 Å². The number of aromatic amines is 1. The summed E-state index contributed by atoms with van der Waals surface area (Å²) in [6, 6.07) is 0. The van der Waals surface area contributed by atoms with E-state index in [2.05, 4.69) is 20.3 Å². The summed E-state index contributed by atoms with van der Waals surface area (Å²) in [5.41, 5.74) is 0.761. The van der Waals surface area contributed by atoms with Crippen LogP contribution in [-0.4, -0.2) is 4.37 Å². The molecular formula is C4H4BrNOS. The summed E-state index contributed by atoms with van der Waals surface area (Å²) in [7, 11) is 0. The molecule has 0 amide bonds. The summed E-state index contributed by atoms with van der Waals surface area (Å²) in [4.78, 5) is 10.6. The number of aromatic nitrogens is 1. The Morgan fingerprint density at radius 3 is 2.50 bits per heavy atom. The second kappa shape index (κ2) is 2.03. The van der Waals surface area contributed by atoms with Crippen molar-refractivity contribution in [2.75, 3.05) is 0 Å². The fourth-order valence-electron chi connectivity index (χ4n) is 0.334. The molecule has 4 heteroatoms. The minimum absolute atomic E-state index is 0.00174. The van der Waals surface area contributed by atoms with Crippen molar-refractivity contribution in [3.8, 4) is 0 Å². The van der Waals surface area contributed by atoms with Crippen LogP contribution in [0.3, 0.4) is 0 Å². The lowest BCUT2D eigenvalue weighted by atomic mass is 10.4. The zero-order chi connectivity index (χ0) is 6.15. The number of rotatable bonds is 0. The largest absolute Gasteiger partial charge is 0.277 e. The lowest BCUT2D eigenvalue weighted by Gasteiger charge is -1.74. The van der Waals surface area contributed by atoms with Crippen molar-refractivity contribution in [1.29, 1.82) is 0 Å². The van der Waals surface area contributed by atoms with Crippen LogP contribution >= 0.6 is 27.5 Å². The van der Waals surface area contributed by atoms with Crippen molar-refractivity contribution >= 4 is 27.5 Å². The Hall–Kier alpha value is -0.0900. The van der Waals surface area contributed by atoms with Gasteiger partial charge in [0.25, 0.3) is 5.56 Å². The van der Waals surface area contributed by atoms with E-state index in [0.29, 0.717) is 0 Å². The monoisotopic (exact) mass is 193 g/mol. The Bertz CT molecular complexity index is 238. The SMILES string of the molecule is Cc1c(Br)s[nH]c1=O. The van der Waals surface area contributed by atoms with Gasteiger partial charge in [-0.1, -0.05) is 11.5 Å². The van der Waals surface area contributed by atoms with Crippen LogP contribution in [0.15, 0.2) is 8.58 Å². The molecule has 44 valence electrons. The summed E-state index contributed by atoms with van der Waals surface area (Å²) in [6.45, 7) is 1.78. The molecule has 1 rings (SSSR count). The molecule has 0 saturated heterocycles. The highest BCUT2D eigenvalue weighted by Gasteiger charge is 1.98. The molecule has 2 nitrogen and oxygen atoms in total. The van der Waals surface area contributed by atoms with Crippen molar-refractivity contribution < 1.29 is 0 Å². The van der Waals surface area contributed by atoms with Gasteiger partial charge in [-0.2, -0.15) is 0 Å². The number of hydrogen-bond acceptors (Lipinski definition) is 2. The highest BCUT2D eigenvalue weighted by molar-refractivity contribution is 9.11. The Balaban J connectivity index is 3.41. The van der Waals surface area contributed by atoms with Gasteiger partial charge < -0.3 is 0 Å². The molecule has 1 aromatic heterocycles. The van der Waals surface area contributed by atoms with Crippen LogP contribution in [0.1, 0.15) is 5.56 Å². The van der Waals surface area contributed by atoms with Crippen molar-refractivity contribution in [3.63, 3.8) is 0 Å². The molecule has 8 heavy (non-hydrogen) atoms. The van der Waals surface area contributed by atoms with Gasteiger partial charge in [0.1, 0.15) is 0 Å². The third kappa shape index (κ3) is 0.855. The van der Waals surface area contributed by atoms with Crippen LogP contribution in [-0.2, 0) is 0 Å². The van der Waals surface area contributed by atoms with Gasteiger partial charge in [-0.3, -0.25) is 9.17 Å². The van der Waals surface area contributed by atoms with Crippen molar-refractivity contribution in [3.05, 3.63) is 19.7 Å². The lowest BCUT2D eigenvalue weighted by Crippen LogP contribution is -1.99. The van der Waals surface area contributed by atoms with Crippen molar-refractivity contribution in [1.82, 2.24) is 4.37 Å². The van der Waals surface area contributed by atoms with Gasteiger partial charge in [-0.15, -0.1) is 0 Å². The molecule has 0 atom stereocenters. The van der Waals surface area contributed by atoms with E-state index in [4.69, 9.17) is 0 Å². The molecule has 0 aromatic carbocycles. The molecule has 0 radical (unpaired) electrons. The average Bonchev–Trinajstić information content (AvgIpc) is 1.98. The number of nitrogens with one attached hydrogen (secondary N) is 1. The molecular weight excluding hydrogens is 190 g/mol. The van der Waals surface area contributed by atoms with E-state index >= 15 is 0 Å². The zero-order valence-corrected chi connectivity index (χ0v) is 6.60. The first-order valence-electron chi connectivity index (χ1n) is 2.05. The second-order valence-electron chi connectivity index (χ2n) is 1.43. The Morgan fingerprint density at radius 2 is 2.38 bits per heavy atom. The first-order valence-corrected chi connectivity index (χ1v) is 3.66. The van der Waals surface area contributed by atoms with E-state index in [-0.39, 0.29) is 5.56 Å². The molecule has 1 aromatic rings. The van der Waals surface area contributed by atoms with E-state index in [1.54, 1.807) is 6.92 Å². The lowest BCUT2D eigenvalue weighted by molar-refractivity contribution is 1.33. The summed E-state index contributed by atoms with van der Waals surface area (Å²) in [6.07, 6.45) is 0. The van der Waals surface area contributed by atoms with Gasteiger partial charge in [-0.05, 0) is 22.9 Å². The van der Waals surface area contributed by atoms with E-state index in [9.17, 15) is 4.79 Å². The maximum atomic E-state index is 10.6. The Morgan fingerprint density at radius 1 is 1.75 bits per heavy atom. The van der Waals surface area contributed by atoms with Gasteiger partial charge in [-0.25, -0.2) is 0 Å². The quantitative estimate of drug-likeness (QED) is 0.667. The minimum atomic E-state index is 0.00174. The summed E-state index contributed by atoms with van der Waals surface area (Å²) in [5, 5.41) is 0. The van der Waals surface area contributed by atoms with E-state index in [1.807, 2.05) is 0 Å². The predicted molar refractivity (Wildman–Crippen MR) is 37.4 cm³/mol. The number of hydrogen-bond donors (Lipinski definition) is 1. The fraction of sp³-hybridized carbons (Fsp3) is 0.250. The number of H-pyrrole nitrogens is 1. The van der Waals surface area contributed by atoms with Crippen LogP contribution in [0.5, 0.6) is 0 Å². The van der Waals surface area contributed by atoms with Crippen LogP contribution in [0.2, 0.25) is 0 Å². The van der Waals surface area contributed by atoms with Crippen LogP contribution < -0.4 is 5.56 Å². The molecule has 0 aliphatic rings. The minimum Gasteiger partial charge on any atom is -0.277 e. The highest BCUT2D eigenvalue weighted by atomic mass is 79.9. The first-order chi connectivity index (χ1) is 3.72. The van der Waals surface area contributed by atoms with Crippen LogP contribution in [0.25, 0.3) is 0 Å². The van der Waals surface area contributed by atoms with E-state index < -0.39 is 0 Å². The molecule has 1 heterocycles. The first kappa shape index (κ1) is 6.04. The topological polar surface area (TPSA) is 32.9 Å². The summed E-state index contributed by atoms with van der Waals surface area (Å²) in [5.74, 6) is 0. The molecule has 0 bridgehead atoms. The second-order valence-corrected chi connectivity index (χ2v) is 3.57. The normalized spacial score (nSPS) is 9.75. The molecule has 0 spiro atoms. The maximum absolute atomic E-state index is 10.6. The van der Waals surface area contributed by atoms with Gasteiger partial charge in [0.15, 0.2) is 0 Å². The molecule has 0 unspecified atom stereocenters. The summed E-state index contributed by atoms with van der Waals surface area (Å²) >= 11 is 4.51. The smallest absolute Gasteiger partial charge is 0.262 e. The zero-order valence-electron chi connectivity index (χ0n) is 4.19. The molecule has 0 aliphatic heterocycles. The van der Waals surface area contributed by atoms with Crippen molar-refractivity contribution in [2.24, 2.45) is 0 Å². The number of halogens is 1. The molecule has 1 N–H and O–H groups in total. The predicted octanol–water partition coefficient (Wildman–Crippen LogP) is 1.51. The fourth-order valence-corrected chi connectivity index (χ4v) is 1.34. The highest BCUT2D eigenvalue weighted by Crippen LogP contribution is 2.14. The van der Waals surface area contributed by atoms with Crippen molar-refractivity contribution in [2.45, 2.75) is 6.92 Å². The van der Waals surface area contributed by atoms with Gasteiger partial charge in [0.2, 0.25) is 0 Å². The van der Waals surface area contributed by atoms with Crippen LogP contribution in [0.4, 0.5) is 0 Å². The third-order valence-corrected chi connectivity index (χ3v) is 2.72. The molecule has 0 saturated carbocycles. The average molecular weight is 194 g/mol. The van der Waals surface area contributed by atoms with Crippen LogP contribution in [0, 0.1) is 6.92 Å². The standard InChI is InChI=1S/C4H4BrNOS/c1-2-3(5)8-6-4(2)7/h1H3,(H,6,7).